The molecule has 2 nitrogen and oxygen atoms in total. The fourth-order valence-corrected chi connectivity index (χ4v) is 0.340. The SMILES string of the molecule is [2H]OC([2H])(c1c([2H])c([2H])nc([2H])c1[2H])C([2H])([2H])[2H]. The molecule has 0 amide bonds. The van der Waals surface area contributed by atoms with Crippen molar-refractivity contribution in [3.63, 3.8) is 0 Å². The van der Waals surface area contributed by atoms with Crippen LogP contribution in [0.3, 0.4) is 0 Å². The number of hydrogen-bond donors (Lipinski definition) is 1. The zero-order valence-corrected chi connectivity index (χ0v) is 4.36. The first-order valence-electron chi connectivity index (χ1n) is 6.56. The topological polar surface area (TPSA) is 33.1 Å². The van der Waals surface area contributed by atoms with Gasteiger partial charge in [0, 0.05) is 16.5 Å². The zero-order chi connectivity index (χ0) is 14.3. The van der Waals surface area contributed by atoms with Gasteiger partial charge in [-0.3, -0.25) is 4.98 Å². The lowest BCUT2D eigenvalue weighted by Gasteiger charge is -2.00. The first-order valence-corrected chi connectivity index (χ1v) is 2.15. The van der Waals surface area contributed by atoms with E-state index in [1.165, 1.54) is 0 Å². The third-order valence-corrected chi connectivity index (χ3v) is 0.701. The lowest BCUT2D eigenvalue weighted by molar-refractivity contribution is 0.199. The second kappa shape index (κ2) is 2.60. The molecule has 9 heavy (non-hydrogen) atoms. The van der Waals surface area contributed by atoms with Gasteiger partial charge in [0.15, 0.2) is 0 Å². The number of aromatic nitrogens is 1. The minimum atomic E-state index is -3.15. The Kier molecular flexibility index (Phi) is 0.404. The first kappa shape index (κ1) is 1.40. The molecule has 1 aromatic heterocycles. The Morgan fingerprint density at radius 1 is 2.00 bits per heavy atom. The first-order chi connectivity index (χ1) is 8.06. The van der Waals surface area contributed by atoms with Crippen LogP contribution in [0.15, 0.2) is 24.4 Å². The molecule has 1 heterocycles. The van der Waals surface area contributed by atoms with Crippen LogP contribution in [-0.4, -0.2) is 11.5 Å². The van der Waals surface area contributed by atoms with Crippen LogP contribution in [0.25, 0.3) is 0 Å². The summed E-state index contributed by atoms with van der Waals surface area (Å²) in [7, 11) is 0. The number of rotatable bonds is 2. The van der Waals surface area contributed by atoms with Gasteiger partial charge in [0.2, 0.25) is 1.43 Å². The molecule has 1 rings (SSSR count). The van der Waals surface area contributed by atoms with E-state index in [1.54, 1.807) is 0 Å². The molecule has 0 saturated heterocycles. The summed E-state index contributed by atoms with van der Waals surface area (Å²) >= 11 is 0. The predicted octanol–water partition coefficient (Wildman–Crippen LogP) is 1.13. The van der Waals surface area contributed by atoms with E-state index in [-0.39, 0.29) is 0 Å². The summed E-state index contributed by atoms with van der Waals surface area (Å²) in [6.07, 6.45) is -4.50. The Labute approximate surface area is 66.9 Å². The van der Waals surface area contributed by atoms with Crippen molar-refractivity contribution in [1.29, 1.82) is 1.43 Å². The van der Waals surface area contributed by atoms with Crippen LogP contribution >= 0.6 is 0 Å². The smallest absolute Gasteiger partial charge is 0.211 e. The summed E-state index contributed by atoms with van der Waals surface area (Å²) in [5, 5.41) is 3.88. The molecule has 0 aromatic carbocycles. The number of aliphatic hydroxyl groups is 1. The standard InChI is InChI=1S/C7H9NO/c1-6(9)7-2-4-8-5-3-7/h2-6,9H,1H3/i1D3,2D,3D,4D,5D,6D,9D. The van der Waals surface area contributed by atoms with Crippen LogP contribution in [0.1, 0.15) is 29.5 Å². The summed E-state index contributed by atoms with van der Waals surface area (Å²) in [5.41, 5.74) is -0.831. The third-order valence-electron chi connectivity index (χ3n) is 0.701. The Morgan fingerprint density at radius 2 is 2.78 bits per heavy atom. The van der Waals surface area contributed by atoms with Crippen molar-refractivity contribution in [3.8, 4) is 0 Å². The molecule has 2 heteroatoms. The highest BCUT2D eigenvalue weighted by atomic mass is 16.3. The molecule has 1 unspecified atom stereocenters. The van der Waals surface area contributed by atoms with Crippen LogP contribution in [0, 0.1) is 0 Å². The van der Waals surface area contributed by atoms with Gasteiger partial charge in [-0.25, -0.2) is 0 Å². The molecular weight excluding hydrogens is 114 g/mol. The van der Waals surface area contributed by atoms with E-state index in [2.05, 4.69) is 10.1 Å². The largest absolute Gasteiger partial charge is 0.389 e. The second-order valence-corrected chi connectivity index (χ2v) is 1.29. The van der Waals surface area contributed by atoms with Gasteiger partial charge in [-0.15, -0.1) is 0 Å². The van der Waals surface area contributed by atoms with Gasteiger partial charge >= 0.3 is 0 Å². The van der Waals surface area contributed by atoms with Crippen molar-refractivity contribution in [2.24, 2.45) is 0 Å². The minimum absolute atomic E-state index is 0.746. The van der Waals surface area contributed by atoms with Gasteiger partial charge in [0.1, 0.15) is 0 Å². The van der Waals surface area contributed by atoms with Crippen LogP contribution in [0.2, 0.25) is 0 Å². The maximum absolute atomic E-state index is 7.63. The van der Waals surface area contributed by atoms with Crippen molar-refractivity contribution in [2.75, 3.05) is 0 Å². The average Bonchev–Trinajstić information content (AvgIpc) is 2.24. The molecule has 0 aliphatic rings. The highest BCUT2D eigenvalue weighted by Gasteiger charge is 1.95. The fraction of sp³-hybridized carbons (Fsp3) is 0.286. The van der Waals surface area contributed by atoms with E-state index in [1.807, 2.05) is 0 Å². The lowest BCUT2D eigenvalue weighted by atomic mass is 10.2. The molecule has 1 atom stereocenters. The Bertz CT molecular complexity index is 447. The van der Waals surface area contributed by atoms with E-state index >= 15 is 0 Å². The highest BCUT2D eigenvalue weighted by Crippen LogP contribution is 2.07. The quantitative estimate of drug-likeness (QED) is 0.654. The normalized spacial score (nSPS) is 32.2. The van der Waals surface area contributed by atoms with E-state index in [0.717, 1.165) is 0 Å². The van der Waals surface area contributed by atoms with Gasteiger partial charge in [0.05, 0.1) is 12.9 Å². The van der Waals surface area contributed by atoms with E-state index in [9.17, 15) is 0 Å². The van der Waals surface area contributed by atoms with E-state index in [4.69, 9.17) is 12.4 Å². The molecule has 48 valence electrons. The Morgan fingerprint density at radius 3 is 3.33 bits per heavy atom. The monoisotopic (exact) mass is 132 g/mol. The van der Waals surface area contributed by atoms with Gasteiger partial charge in [-0.05, 0) is 24.5 Å². The molecule has 0 aliphatic carbocycles. The second-order valence-electron chi connectivity index (χ2n) is 1.29. The van der Waals surface area contributed by atoms with Crippen LogP contribution in [-0.2, 0) is 0 Å². The maximum atomic E-state index is 7.63. The summed E-state index contributed by atoms with van der Waals surface area (Å²) in [6, 6.07) is -1.62. The van der Waals surface area contributed by atoms with Crippen molar-refractivity contribution in [2.45, 2.75) is 12.9 Å². The Hall–Kier alpha value is -0.890. The number of pyridine rings is 1. The maximum Gasteiger partial charge on any atom is 0.211 e. The Balaban J connectivity index is 3.68. The molecule has 0 bridgehead atoms. The van der Waals surface area contributed by atoms with Gasteiger partial charge in [0.25, 0.3) is 0 Å². The highest BCUT2D eigenvalue weighted by molar-refractivity contribution is 5.11. The summed E-state index contributed by atoms with van der Waals surface area (Å²) < 4.78 is 65.3. The van der Waals surface area contributed by atoms with Gasteiger partial charge in [-0.2, -0.15) is 0 Å². The molecule has 0 fully saturated rings. The van der Waals surface area contributed by atoms with Crippen molar-refractivity contribution in [1.82, 2.24) is 4.98 Å². The van der Waals surface area contributed by atoms with Crippen molar-refractivity contribution >= 4 is 0 Å². The molecule has 0 saturated carbocycles. The third kappa shape index (κ3) is 1.50. The fourth-order valence-electron chi connectivity index (χ4n) is 0.340. The summed E-state index contributed by atoms with van der Waals surface area (Å²) in [6.45, 7) is -3.15. The predicted molar refractivity (Wildman–Crippen MR) is 34.9 cm³/mol. The minimum Gasteiger partial charge on any atom is -0.389 e. The van der Waals surface area contributed by atoms with Crippen molar-refractivity contribution in [3.05, 3.63) is 30.0 Å². The lowest BCUT2D eigenvalue weighted by Crippen LogP contribution is -1.89. The molecule has 0 aliphatic heterocycles. The molecule has 0 radical (unpaired) electrons. The number of hydrogen-bond acceptors (Lipinski definition) is 2. The van der Waals surface area contributed by atoms with Crippen LogP contribution < -0.4 is 0 Å². The summed E-state index contributed by atoms with van der Waals surface area (Å²) in [5.74, 6) is 0. The van der Waals surface area contributed by atoms with Crippen LogP contribution in [0.4, 0.5) is 0 Å². The average molecular weight is 132 g/mol. The van der Waals surface area contributed by atoms with Crippen LogP contribution in [0.5, 0.6) is 0 Å². The molecule has 1 aromatic rings. The van der Waals surface area contributed by atoms with E-state index < -0.39 is 42.9 Å². The molecule has 0 spiro atoms. The van der Waals surface area contributed by atoms with Gasteiger partial charge in [-0.1, -0.05) is 0 Å². The van der Waals surface area contributed by atoms with Crippen molar-refractivity contribution < 1.29 is 16.1 Å². The molecule has 1 N–H and O–H groups in total. The van der Waals surface area contributed by atoms with Gasteiger partial charge < -0.3 is 5.11 Å². The zero-order valence-electron chi connectivity index (χ0n) is 13.4. The number of nitrogens with zero attached hydrogens (tertiary/aromatic N) is 1. The molecular formula is C7H9NO. The summed E-state index contributed by atoms with van der Waals surface area (Å²) in [4.78, 5) is 3.24. The van der Waals surface area contributed by atoms with E-state index in [0.29, 0.717) is 0 Å².